The van der Waals surface area contributed by atoms with Crippen LogP contribution >= 0.6 is 0 Å². The largest absolute Gasteiger partial charge is 2.00 e. The van der Waals surface area contributed by atoms with Gasteiger partial charge in [-0.25, -0.2) is 0 Å². The SMILES string of the molecule is CC(C)OC(=O)[O-].CC(C)[O-].[CH2]CCC.[CH2]CCC.[Sn+2]. The van der Waals surface area contributed by atoms with Gasteiger partial charge in [-0.3, -0.25) is 0 Å². The van der Waals surface area contributed by atoms with Crippen LogP contribution in [-0.4, -0.2) is 42.3 Å². The molecule has 0 fully saturated rings. The van der Waals surface area contributed by atoms with E-state index in [-0.39, 0.29) is 30.0 Å². The van der Waals surface area contributed by atoms with E-state index in [1.54, 1.807) is 27.7 Å². The maximum absolute atomic E-state index is 9.53. The fourth-order valence-electron chi connectivity index (χ4n) is 0.192. The molecule has 0 bridgehead atoms. The van der Waals surface area contributed by atoms with Gasteiger partial charge < -0.3 is 19.7 Å². The summed E-state index contributed by atoms with van der Waals surface area (Å²) in [5, 5.41) is 19.0. The van der Waals surface area contributed by atoms with Crippen LogP contribution in [0.2, 0.25) is 0 Å². The average Bonchev–Trinajstić information content (AvgIpc) is 2.27. The Morgan fingerprint density at radius 2 is 1.25 bits per heavy atom. The number of carboxylic acid groups (broad SMARTS) is 1. The van der Waals surface area contributed by atoms with Crippen LogP contribution in [0.5, 0.6) is 0 Å². The van der Waals surface area contributed by atoms with Gasteiger partial charge in [0.2, 0.25) is 0 Å². The minimum atomic E-state index is -1.46. The van der Waals surface area contributed by atoms with Crippen molar-refractivity contribution in [1.82, 2.24) is 0 Å². The number of hydrogen-bond donors (Lipinski definition) is 0. The molecule has 0 aliphatic heterocycles. The molecule has 0 aliphatic carbocycles. The van der Waals surface area contributed by atoms with Gasteiger partial charge >= 0.3 is 23.9 Å². The van der Waals surface area contributed by atoms with E-state index in [9.17, 15) is 15.0 Å². The maximum Gasteiger partial charge on any atom is 2.00 e. The average molecular weight is 395 g/mol. The Hall–Kier alpha value is 0.0287. The molecular weight excluding hydrogens is 363 g/mol. The van der Waals surface area contributed by atoms with Crippen molar-refractivity contribution in [2.45, 2.75) is 79.4 Å². The van der Waals surface area contributed by atoms with Crippen molar-refractivity contribution in [3.05, 3.63) is 13.8 Å². The molecule has 0 aliphatic rings. The van der Waals surface area contributed by atoms with Crippen molar-refractivity contribution in [3.8, 4) is 0 Å². The van der Waals surface area contributed by atoms with E-state index >= 15 is 0 Å². The van der Waals surface area contributed by atoms with E-state index in [1.165, 1.54) is 12.8 Å². The summed E-state index contributed by atoms with van der Waals surface area (Å²) in [7, 11) is 0. The minimum absolute atomic E-state index is 0. The molecule has 0 saturated heterocycles. The third-order valence-electron chi connectivity index (χ3n) is 1.04. The molecule has 20 heavy (non-hydrogen) atoms. The molecule has 4 nitrogen and oxygen atoms in total. The quantitative estimate of drug-likeness (QED) is 0.544. The Morgan fingerprint density at radius 3 is 1.25 bits per heavy atom. The third-order valence-corrected chi connectivity index (χ3v) is 1.04. The number of unbranched alkanes of at least 4 members (excludes halogenated alkanes) is 2. The van der Waals surface area contributed by atoms with Crippen LogP contribution in [0, 0.1) is 13.8 Å². The monoisotopic (exact) mass is 396 g/mol. The fraction of sp³-hybridized carbons (Fsp3) is 0.800. The molecule has 0 N–H and O–H groups in total. The van der Waals surface area contributed by atoms with E-state index in [0.29, 0.717) is 0 Å². The summed E-state index contributed by atoms with van der Waals surface area (Å²) in [6, 6.07) is 0. The molecular formula is C15H32O4Sn. The summed E-state index contributed by atoms with van der Waals surface area (Å²) in [6.07, 6.45) is 2.39. The number of carbonyl (C=O) groups excluding carboxylic acids is 1. The molecule has 0 spiro atoms. The Balaban J connectivity index is -0.0000000512. The summed E-state index contributed by atoms with van der Waals surface area (Å²) in [4.78, 5) is 9.48. The fourth-order valence-corrected chi connectivity index (χ4v) is 0.192. The first-order valence-corrected chi connectivity index (χ1v) is 6.81. The summed E-state index contributed by atoms with van der Waals surface area (Å²) in [5.41, 5.74) is 0. The molecule has 4 radical (unpaired) electrons. The standard InChI is InChI=1S/C4H8O3.2C4H9.C3H7O.Sn/c1-3(2)7-4(5)6;2*1-3-4-2;1-3(2)4;/h3H,1-2H3,(H,5,6);2*1,3-4H2,2H3;3H,1-2H3;/q;;;-1;+2/p-1. The van der Waals surface area contributed by atoms with Gasteiger partial charge in [-0.2, -0.15) is 0 Å². The van der Waals surface area contributed by atoms with Gasteiger partial charge in [-0.15, -0.1) is 6.10 Å². The van der Waals surface area contributed by atoms with Crippen molar-refractivity contribution >= 4 is 30.1 Å². The topological polar surface area (TPSA) is 72.4 Å². The number of rotatable bonds is 3. The second-order valence-electron chi connectivity index (χ2n) is 4.17. The van der Waals surface area contributed by atoms with Crippen molar-refractivity contribution in [1.29, 1.82) is 0 Å². The molecule has 120 valence electrons. The molecule has 0 aromatic rings. The van der Waals surface area contributed by atoms with Crippen LogP contribution in [0.3, 0.4) is 0 Å². The predicted octanol–water partition coefficient (Wildman–Crippen LogP) is 2.37. The van der Waals surface area contributed by atoms with Crippen molar-refractivity contribution in [2.75, 3.05) is 0 Å². The Labute approximate surface area is 143 Å². The Bertz CT molecular complexity index is 140. The molecule has 0 rings (SSSR count). The second kappa shape index (κ2) is 31.4. The second-order valence-corrected chi connectivity index (χ2v) is 4.17. The molecule has 0 aromatic carbocycles. The van der Waals surface area contributed by atoms with Gasteiger partial charge in [-0.1, -0.05) is 67.2 Å². The Morgan fingerprint density at radius 1 is 1.05 bits per heavy atom. The minimum Gasteiger partial charge on any atom is -0.852 e. The zero-order valence-electron chi connectivity index (χ0n) is 14.0. The number of carbonyl (C=O) groups is 1. The van der Waals surface area contributed by atoms with Crippen molar-refractivity contribution < 1.29 is 19.7 Å². The zero-order chi connectivity index (χ0) is 16.3. The maximum atomic E-state index is 9.53. The van der Waals surface area contributed by atoms with Gasteiger partial charge in [0.05, 0.1) is 0 Å². The molecule has 0 atom stereocenters. The molecule has 0 saturated carbocycles. The third kappa shape index (κ3) is 144. The molecule has 0 aromatic heterocycles. The van der Waals surface area contributed by atoms with Crippen LogP contribution in [0.1, 0.15) is 67.2 Å². The van der Waals surface area contributed by atoms with E-state index in [1.807, 2.05) is 0 Å². The summed E-state index contributed by atoms with van der Waals surface area (Å²) in [5.74, 6) is 0. The van der Waals surface area contributed by atoms with Crippen LogP contribution in [0.25, 0.3) is 0 Å². The molecule has 0 amide bonds. The normalized spacial score (nSPS) is 7.95. The summed E-state index contributed by atoms with van der Waals surface area (Å²) < 4.78 is 4.06. The van der Waals surface area contributed by atoms with Gasteiger partial charge in [0.1, 0.15) is 0 Å². The first kappa shape index (κ1) is 32.1. The summed E-state index contributed by atoms with van der Waals surface area (Å²) >= 11 is 0. The van der Waals surface area contributed by atoms with E-state index in [0.717, 1.165) is 12.8 Å². The van der Waals surface area contributed by atoms with E-state index < -0.39 is 12.3 Å². The number of hydrogen-bond acceptors (Lipinski definition) is 4. The van der Waals surface area contributed by atoms with Crippen LogP contribution in [-0.2, 0) is 4.74 Å². The van der Waals surface area contributed by atoms with Crippen LogP contribution in [0.15, 0.2) is 0 Å². The zero-order valence-corrected chi connectivity index (χ0v) is 16.9. The summed E-state index contributed by atoms with van der Waals surface area (Å²) in [6.45, 7) is 17.9. The first-order chi connectivity index (χ1) is 8.69. The molecule has 0 heterocycles. The van der Waals surface area contributed by atoms with Crippen LogP contribution in [0.4, 0.5) is 4.79 Å². The van der Waals surface area contributed by atoms with E-state index in [2.05, 4.69) is 32.4 Å². The molecule has 5 heteroatoms. The molecule has 0 unspecified atom stereocenters. The van der Waals surface area contributed by atoms with Crippen molar-refractivity contribution in [2.24, 2.45) is 0 Å². The predicted molar refractivity (Wildman–Crippen MR) is 83.0 cm³/mol. The van der Waals surface area contributed by atoms with Crippen molar-refractivity contribution in [3.63, 3.8) is 0 Å². The van der Waals surface area contributed by atoms with Gasteiger partial charge in [0, 0.05) is 6.10 Å². The van der Waals surface area contributed by atoms with Gasteiger partial charge in [0.15, 0.2) is 0 Å². The van der Waals surface area contributed by atoms with E-state index in [4.69, 9.17) is 0 Å². The Kier molecular flexibility index (Phi) is 50.5. The first-order valence-electron chi connectivity index (χ1n) is 6.81. The van der Waals surface area contributed by atoms with Gasteiger partial charge in [-0.05, 0) is 13.8 Å². The number of ether oxygens (including phenoxy) is 1. The van der Waals surface area contributed by atoms with Crippen LogP contribution < -0.4 is 10.2 Å². The smallest absolute Gasteiger partial charge is 0.852 e. The van der Waals surface area contributed by atoms with Gasteiger partial charge in [0.25, 0.3) is 6.16 Å².